The van der Waals surface area contributed by atoms with Gasteiger partial charge in [0.1, 0.15) is 11.5 Å². The molecular weight excluding hydrogens is 332 g/mol. The van der Waals surface area contributed by atoms with Crippen molar-refractivity contribution in [3.05, 3.63) is 30.1 Å². The molecule has 2 aliphatic heterocycles. The summed E-state index contributed by atoms with van der Waals surface area (Å²) in [5.74, 6) is 2.77. The van der Waals surface area contributed by atoms with Gasteiger partial charge in [-0.1, -0.05) is 0 Å². The van der Waals surface area contributed by atoms with Gasteiger partial charge >= 0.3 is 0 Å². The first-order chi connectivity index (χ1) is 12.7. The zero-order valence-electron chi connectivity index (χ0n) is 14.7. The number of methoxy groups -OCH3 is 2. The van der Waals surface area contributed by atoms with Gasteiger partial charge in [0, 0.05) is 17.8 Å². The van der Waals surface area contributed by atoms with Crippen molar-refractivity contribution < 1.29 is 9.47 Å². The zero-order chi connectivity index (χ0) is 18.1. The molecule has 0 spiro atoms. The maximum absolute atomic E-state index is 9.37. The van der Waals surface area contributed by atoms with Gasteiger partial charge in [0.25, 0.3) is 0 Å². The lowest BCUT2D eigenvalue weighted by atomic mass is 10.2. The molecule has 0 aromatic heterocycles. The maximum atomic E-state index is 9.37. The molecule has 2 N–H and O–H groups in total. The topological polar surface area (TPSA) is 94.3 Å². The van der Waals surface area contributed by atoms with Crippen LogP contribution in [0.5, 0.6) is 11.5 Å². The van der Waals surface area contributed by atoms with Gasteiger partial charge in [-0.05, 0) is 25.0 Å². The van der Waals surface area contributed by atoms with Gasteiger partial charge in [0.15, 0.2) is 23.4 Å². The van der Waals surface area contributed by atoms with Crippen molar-refractivity contribution in [3.63, 3.8) is 0 Å². The van der Waals surface area contributed by atoms with Crippen LogP contribution in [0, 0.1) is 11.3 Å². The Morgan fingerprint density at radius 2 is 2.12 bits per heavy atom. The number of nitrogens with zero attached hydrogens (tertiary/aromatic N) is 4. The molecule has 26 heavy (non-hydrogen) atoms. The van der Waals surface area contributed by atoms with Crippen LogP contribution in [0.2, 0.25) is 0 Å². The largest absolute Gasteiger partial charge is 0.493 e. The first kappa shape index (κ1) is 16.3. The molecule has 4 rings (SSSR count). The number of hydrogen-bond donors (Lipinski definition) is 2. The minimum Gasteiger partial charge on any atom is -0.493 e. The summed E-state index contributed by atoms with van der Waals surface area (Å²) < 4.78 is 10.6. The molecule has 8 nitrogen and oxygen atoms in total. The van der Waals surface area contributed by atoms with E-state index in [0.717, 1.165) is 35.9 Å². The highest BCUT2D eigenvalue weighted by Crippen LogP contribution is 2.31. The van der Waals surface area contributed by atoms with Gasteiger partial charge in [-0.3, -0.25) is 15.4 Å². The summed E-state index contributed by atoms with van der Waals surface area (Å²) >= 11 is 0. The average Bonchev–Trinajstić information content (AvgIpc) is 3.38. The molecule has 0 saturated heterocycles. The van der Waals surface area contributed by atoms with E-state index in [2.05, 4.69) is 21.8 Å². The predicted molar refractivity (Wildman–Crippen MR) is 98.4 cm³/mol. The average molecular weight is 352 g/mol. The van der Waals surface area contributed by atoms with E-state index in [1.807, 2.05) is 24.3 Å². The third-order valence-corrected chi connectivity index (χ3v) is 4.39. The van der Waals surface area contributed by atoms with Gasteiger partial charge in [-0.15, -0.1) is 0 Å². The van der Waals surface area contributed by atoms with Crippen LogP contribution >= 0.6 is 0 Å². The van der Waals surface area contributed by atoms with Crippen molar-refractivity contribution in [2.75, 3.05) is 26.1 Å². The Labute approximate surface area is 151 Å². The van der Waals surface area contributed by atoms with E-state index in [9.17, 15) is 5.26 Å². The summed E-state index contributed by atoms with van der Waals surface area (Å²) in [7, 11) is 3.21. The van der Waals surface area contributed by atoms with Crippen LogP contribution < -0.4 is 20.2 Å². The monoisotopic (exact) mass is 352 g/mol. The van der Waals surface area contributed by atoms with E-state index in [1.165, 1.54) is 0 Å². The van der Waals surface area contributed by atoms with Crippen LogP contribution in [0.25, 0.3) is 0 Å². The van der Waals surface area contributed by atoms with Gasteiger partial charge in [-0.2, -0.15) is 5.26 Å². The van der Waals surface area contributed by atoms with Crippen LogP contribution in [0.1, 0.15) is 12.8 Å². The molecule has 0 amide bonds. The molecule has 0 radical (unpaired) electrons. The highest BCUT2D eigenvalue weighted by molar-refractivity contribution is 6.46. The third kappa shape index (κ3) is 3.04. The lowest BCUT2D eigenvalue weighted by Gasteiger charge is -2.31. The zero-order valence-corrected chi connectivity index (χ0v) is 14.7. The molecule has 1 saturated carbocycles. The summed E-state index contributed by atoms with van der Waals surface area (Å²) in [4.78, 5) is 9.23. The Kier molecular flexibility index (Phi) is 4.13. The van der Waals surface area contributed by atoms with Crippen molar-refractivity contribution in [3.8, 4) is 17.6 Å². The molecule has 1 aromatic carbocycles. The second kappa shape index (κ2) is 6.59. The van der Waals surface area contributed by atoms with Crippen LogP contribution in [0.4, 0.5) is 5.69 Å². The Morgan fingerprint density at radius 3 is 2.81 bits per heavy atom. The van der Waals surface area contributed by atoms with E-state index in [-0.39, 0.29) is 6.04 Å². The molecule has 0 bridgehead atoms. The summed E-state index contributed by atoms with van der Waals surface area (Å²) in [6.07, 6.45) is 4.15. The van der Waals surface area contributed by atoms with E-state index in [1.54, 1.807) is 19.2 Å². The Bertz CT molecular complexity index is 850. The lowest BCUT2D eigenvalue weighted by molar-refractivity contribution is 0.327. The number of anilines is 1. The van der Waals surface area contributed by atoms with Crippen molar-refractivity contribution in [2.24, 2.45) is 9.98 Å². The number of hydrogen-bond acceptors (Lipinski definition) is 8. The molecule has 2 heterocycles. The number of amidine groups is 1. The molecular formula is C18H20N6O2. The third-order valence-electron chi connectivity index (χ3n) is 4.39. The number of ether oxygens (including phenoxy) is 2. The number of nitrogens with one attached hydrogen (secondary N) is 2. The van der Waals surface area contributed by atoms with Gasteiger partial charge in [0.2, 0.25) is 0 Å². The molecule has 1 fully saturated rings. The second-order valence-electron chi connectivity index (χ2n) is 6.29. The first-order valence-corrected chi connectivity index (χ1v) is 8.50. The van der Waals surface area contributed by atoms with Crippen LogP contribution in [-0.4, -0.2) is 49.4 Å². The minimum atomic E-state index is -0.342. The second-order valence-corrected chi connectivity index (χ2v) is 6.29. The highest BCUT2D eigenvalue weighted by atomic mass is 16.5. The summed E-state index contributed by atoms with van der Waals surface area (Å²) in [6.45, 7) is 0.444. The Morgan fingerprint density at radius 1 is 1.31 bits per heavy atom. The molecule has 1 unspecified atom stereocenters. The molecule has 1 aliphatic carbocycles. The van der Waals surface area contributed by atoms with Crippen molar-refractivity contribution in [2.45, 2.75) is 24.9 Å². The van der Waals surface area contributed by atoms with Crippen LogP contribution in [-0.2, 0) is 0 Å². The fraction of sp³-hybridized carbons (Fsp3) is 0.389. The van der Waals surface area contributed by atoms with Crippen LogP contribution in [0.15, 0.2) is 40.1 Å². The molecule has 1 aromatic rings. The Hall–Kier alpha value is -3.21. The number of hydrazine groups is 1. The van der Waals surface area contributed by atoms with E-state index < -0.39 is 0 Å². The molecule has 3 aliphatic rings. The van der Waals surface area contributed by atoms with Gasteiger partial charge in [-0.25, -0.2) is 5.01 Å². The first-order valence-electron chi connectivity index (χ1n) is 8.50. The standard InChI is InChI=1S/C18H20N6O2/c1-25-15-6-5-12(7-16(15)26-2)22-17-8-14(21-11-3-4-11)18-20-10-13(9-19)24(18)23-17/h5-8,11,13,22-23H,3-4,10H2,1-2H3. The molecule has 8 heteroatoms. The molecule has 134 valence electrons. The van der Waals surface area contributed by atoms with Gasteiger partial charge < -0.3 is 14.8 Å². The highest BCUT2D eigenvalue weighted by Gasteiger charge is 2.35. The SMILES string of the molecule is COc1ccc(NC2=CC(=NC3CC3)C3=NCC(C#N)N3N2)cc1OC. The van der Waals surface area contributed by atoms with Crippen molar-refractivity contribution >= 4 is 17.2 Å². The van der Waals surface area contributed by atoms with Crippen molar-refractivity contribution in [1.29, 1.82) is 5.26 Å². The summed E-state index contributed by atoms with van der Waals surface area (Å²) in [5.41, 5.74) is 4.88. The molecule has 1 atom stereocenters. The fourth-order valence-corrected chi connectivity index (χ4v) is 2.90. The number of fused-ring (bicyclic) bond motifs is 1. The number of benzene rings is 1. The van der Waals surface area contributed by atoms with Crippen molar-refractivity contribution in [1.82, 2.24) is 10.4 Å². The maximum Gasteiger partial charge on any atom is 0.169 e. The van der Waals surface area contributed by atoms with Gasteiger partial charge in [0.05, 0.1) is 32.9 Å². The quantitative estimate of drug-likeness (QED) is 0.837. The summed E-state index contributed by atoms with van der Waals surface area (Å²) in [5, 5.41) is 14.5. The number of rotatable bonds is 5. The number of aliphatic imine (C=N–C) groups is 2. The minimum absolute atomic E-state index is 0.342. The Balaban J connectivity index is 1.61. The summed E-state index contributed by atoms with van der Waals surface area (Å²) in [6, 6.07) is 7.89. The normalized spacial score (nSPS) is 22.7. The lowest BCUT2D eigenvalue weighted by Crippen LogP contribution is -2.52. The van der Waals surface area contributed by atoms with E-state index in [0.29, 0.717) is 24.1 Å². The van der Waals surface area contributed by atoms with E-state index >= 15 is 0 Å². The fourth-order valence-electron chi connectivity index (χ4n) is 2.90. The van der Waals surface area contributed by atoms with E-state index in [4.69, 9.17) is 14.5 Å². The van der Waals surface area contributed by atoms with Crippen LogP contribution in [0.3, 0.4) is 0 Å². The smallest absolute Gasteiger partial charge is 0.169 e. The predicted octanol–water partition coefficient (Wildman–Crippen LogP) is 1.68. The number of nitriles is 1.